The van der Waals surface area contributed by atoms with Crippen LogP contribution < -0.4 is 0 Å². The van der Waals surface area contributed by atoms with E-state index >= 15 is 0 Å². The van der Waals surface area contributed by atoms with Gasteiger partial charge in [-0.05, 0) is 141 Å². The Hall–Kier alpha value is -1.04. The number of rotatable bonds is 25. The highest BCUT2D eigenvalue weighted by atomic mass is 14.2. The van der Waals surface area contributed by atoms with Gasteiger partial charge in [0.25, 0.3) is 0 Å². The highest BCUT2D eigenvalue weighted by Crippen LogP contribution is 2.26. The minimum absolute atomic E-state index is 0.639. The summed E-state index contributed by atoms with van der Waals surface area (Å²) in [5.74, 6) is 12.2. The first-order valence-corrected chi connectivity index (χ1v) is 26.2. The molecule has 0 N–H and O–H groups in total. The third kappa shape index (κ3) is 46.5. The molecule has 0 nitrogen and oxygen atoms in total. The molecule has 0 aromatic heterocycles. The van der Waals surface area contributed by atoms with E-state index in [1.807, 2.05) is 0 Å². The minimum Gasteiger partial charge on any atom is -0.0996 e. The molecule has 0 heteroatoms. The van der Waals surface area contributed by atoms with Gasteiger partial charge in [-0.15, -0.1) is 0 Å². The summed E-state index contributed by atoms with van der Waals surface area (Å²) in [6.45, 7) is 67.6. The van der Waals surface area contributed by atoms with Crippen LogP contribution in [0, 0.1) is 88.8 Å². The van der Waals surface area contributed by atoms with Crippen molar-refractivity contribution in [3.05, 3.63) is 48.1 Å². The van der Waals surface area contributed by atoms with Gasteiger partial charge in [-0.3, -0.25) is 0 Å². The summed E-state index contributed by atoms with van der Waals surface area (Å²) < 4.78 is 0. The van der Waals surface area contributed by atoms with Gasteiger partial charge in [0, 0.05) is 0 Å². The molecule has 0 saturated heterocycles. The van der Waals surface area contributed by atoms with E-state index in [2.05, 4.69) is 211 Å². The van der Waals surface area contributed by atoms with Crippen LogP contribution in [0.1, 0.15) is 251 Å². The largest absolute Gasteiger partial charge is 0.0996 e. The Kier molecular flexibility index (Phi) is 47.6. The lowest BCUT2D eigenvalue weighted by atomic mass is 9.84. The van der Waals surface area contributed by atoms with Crippen molar-refractivity contribution in [3.8, 4) is 0 Å². The maximum absolute atomic E-state index is 4.09. The zero-order valence-corrected chi connectivity index (χ0v) is 47.1. The van der Waals surface area contributed by atoms with Gasteiger partial charge in [-0.1, -0.05) is 246 Å². The summed E-state index contributed by atoms with van der Waals surface area (Å²) in [6.07, 6.45) is 21.5. The molecule has 0 bridgehead atoms. The highest BCUT2D eigenvalue weighted by molar-refractivity contribution is 5.02. The van der Waals surface area contributed by atoms with Gasteiger partial charge in [0.2, 0.25) is 0 Å². The second kappa shape index (κ2) is 41.9. The van der Waals surface area contributed by atoms with Crippen molar-refractivity contribution in [1.29, 1.82) is 0 Å². The molecule has 0 aliphatic heterocycles. The molecule has 6 atom stereocenters. The molecule has 0 spiro atoms. The molecule has 0 heterocycles. The van der Waals surface area contributed by atoms with Crippen LogP contribution in [0.5, 0.6) is 0 Å². The first kappa shape index (κ1) is 68.0. The normalized spacial score (nSPS) is 14.6. The first-order valence-electron chi connectivity index (χ1n) is 26.2. The van der Waals surface area contributed by atoms with E-state index in [0.29, 0.717) is 17.8 Å². The van der Waals surface area contributed by atoms with E-state index in [0.717, 1.165) is 83.9 Å². The van der Waals surface area contributed by atoms with Gasteiger partial charge in [0.05, 0.1) is 0 Å². The average molecular weight is 844 g/mol. The molecule has 0 saturated carbocycles. The Labute approximate surface area is 386 Å². The van der Waals surface area contributed by atoms with Crippen LogP contribution in [0.15, 0.2) is 48.1 Å². The molecule has 0 aliphatic rings. The average Bonchev–Trinajstić information content (AvgIpc) is 3.13. The minimum atomic E-state index is 0.639. The maximum Gasteiger partial charge on any atom is -0.0213 e. The fourth-order valence-electron chi connectivity index (χ4n) is 6.24. The summed E-state index contributed by atoms with van der Waals surface area (Å²) >= 11 is 0. The van der Waals surface area contributed by atoms with Crippen molar-refractivity contribution in [1.82, 2.24) is 0 Å². The van der Waals surface area contributed by atoms with Crippen LogP contribution in [0.3, 0.4) is 0 Å². The van der Waals surface area contributed by atoms with E-state index in [1.165, 1.54) is 74.5 Å². The second-order valence-corrected chi connectivity index (χ2v) is 22.8. The Bertz CT molecular complexity index is 987. The molecule has 60 heavy (non-hydrogen) atoms. The number of hydrogen-bond acceptors (Lipinski definition) is 0. The second-order valence-electron chi connectivity index (χ2n) is 22.8. The number of allylic oxidation sites excluding steroid dienone is 6. The van der Waals surface area contributed by atoms with Gasteiger partial charge in [0.1, 0.15) is 0 Å². The lowest BCUT2D eigenvalue weighted by Crippen LogP contribution is -2.11. The molecule has 0 fully saturated rings. The lowest BCUT2D eigenvalue weighted by Gasteiger charge is -2.22. The number of hydrogen-bond donors (Lipinski definition) is 0. The SMILES string of the molecule is C=C(CCC=C(C)C)C(C)C.C=C(CC[C@@H](C)C(C)C)C(C)C.CC(C)CCC[C@@H](C)C(C)C.CC[C@H](/C=C/[C@@H](C)C(C)C)C(C)C.CC[C@H](CC[C@@H](C)C(C)C)C(C)C. The third-order valence-corrected chi connectivity index (χ3v) is 13.9. The van der Waals surface area contributed by atoms with Crippen molar-refractivity contribution in [2.45, 2.75) is 251 Å². The summed E-state index contributed by atoms with van der Waals surface area (Å²) in [5.41, 5.74) is 4.17. The van der Waals surface area contributed by atoms with E-state index in [4.69, 9.17) is 0 Å². The summed E-state index contributed by atoms with van der Waals surface area (Å²) in [4.78, 5) is 0. The first-order chi connectivity index (χ1) is 27.5. The van der Waals surface area contributed by atoms with Gasteiger partial charge in [-0.25, -0.2) is 0 Å². The predicted molar refractivity (Wildman–Crippen MR) is 286 cm³/mol. The van der Waals surface area contributed by atoms with Crippen molar-refractivity contribution in [2.75, 3.05) is 0 Å². The van der Waals surface area contributed by atoms with Gasteiger partial charge in [0.15, 0.2) is 0 Å². The van der Waals surface area contributed by atoms with Crippen LogP contribution in [0.25, 0.3) is 0 Å². The quantitative estimate of drug-likeness (QED) is 0.0803. The third-order valence-electron chi connectivity index (χ3n) is 13.9. The Morgan fingerprint density at radius 1 is 0.433 bits per heavy atom. The highest BCUT2D eigenvalue weighted by Gasteiger charge is 2.14. The van der Waals surface area contributed by atoms with Crippen LogP contribution in [-0.4, -0.2) is 0 Å². The topological polar surface area (TPSA) is 0 Å². The van der Waals surface area contributed by atoms with E-state index < -0.39 is 0 Å². The fourth-order valence-corrected chi connectivity index (χ4v) is 6.24. The summed E-state index contributed by atoms with van der Waals surface area (Å²) in [7, 11) is 0. The Morgan fingerprint density at radius 3 is 1.20 bits per heavy atom. The lowest BCUT2D eigenvalue weighted by molar-refractivity contribution is 0.290. The van der Waals surface area contributed by atoms with Crippen molar-refractivity contribution < 1.29 is 0 Å². The van der Waals surface area contributed by atoms with Gasteiger partial charge >= 0.3 is 0 Å². The zero-order chi connectivity index (χ0) is 48.3. The molecule has 0 aliphatic carbocycles. The predicted octanol–water partition coefficient (Wildman–Crippen LogP) is 21.6. The van der Waals surface area contributed by atoms with E-state index in [-0.39, 0.29) is 0 Å². The van der Waals surface area contributed by atoms with Crippen molar-refractivity contribution in [2.24, 2.45) is 88.8 Å². The van der Waals surface area contributed by atoms with Crippen LogP contribution in [0.2, 0.25) is 0 Å². The van der Waals surface area contributed by atoms with Crippen molar-refractivity contribution >= 4 is 0 Å². The smallest absolute Gasteiger partial charge is 0.0213 e. The summed E-state index contributed by atoms with van der Waals surface area (Å²) in [5, 5.41) is 0. The molecule has 0 radical (unpaired) electrons. The van der Waals surface area contributed by atoms with Crippen LogP contribution in [-0.2, 0) is 0 Å². The van der Waals surface area contributed by atoms with Crippen LogP contribution in [0.4, 0.5) is 0 Å². The van der Waals surface area contributed by atoms with Crippen LogP contribution >= 0.6 is 0 Å². The molecule has 0 aromatic rings. The molecule has 0 rings (SSSR count). The Balaban J connectivity index is -0.000000210. The standard InChI is InChI=1S/C13H28.C13H26.C12H24.C11H24.C11H20/c2*1-7-13(11(4)5)9-8-12(6)10(2)3;1-9(2)11(5)7-8-12(6)10(3)4;2*1-9(2)7-6-8-11(5)10(3)4/h10-13H,7-9H2,1-6H3;8-13H,7H2,1-6H3;9-10,12H,5,7-8H2,1-4,6H3;9-11H,6-8H2,1-5H3;7,10H,5-6,8H2,1-4H3/b;9-8+;;;/t2*12-,13-;12-;11-;/m1111./s1. The monoisotopic (exact) mass is 843 g/mol. The Morgan fingerprint density at radius 2 is 0.867 bits per heavy atom. The van der Waals surface area contributed by atoms with E-state index in [9.17, 15) is 0 Å². The molecule has 362 valence electrons. The molecule has 0 aromatic carbocycles. The van der Waals surface area contributed by atoms with E-state index in [1.54, 1.807) is 0 Å². The van der Waals surface area contributed by atoms with Crippen molar-refractivity contribution in [3.63, 3.8) is 0 Å². The summed E-state index contributed by atoms with van der Waals surface area (Å²) in [6, 6.07) is 0. The maximum atomic E-state index is 4.09. The molecular weight excluding hydrogens is 721 g/mol. The van der Waals surface area contributed by atoms with Gasteiger partial charge in [-0.2, -0.15) is 0 Å². The zero-order valence-electron chi connectivity index (χ0n) is 47.1. The van der Waals surface area contributed by atoms with Gasteiger partial charge < -0.3 is 0 Å². The fraction of sp³-hybridized carbons (Fsp3) is 0.867. The molecule has 0 unspecified atom stereocenters. The molecular formula is C60H122. The molecule has 0 amide bonds.